The molecule has 0 saturated carbocycles. The highest BCUT2D eigenvalue weighted by molar-refractivity contribution is 5.71. The van der Waals surface area contributed by atoms with Crippen molar-refractivity contribution in [1.82, 2.24) is 5.32 Å². The first-order valence-corrected chi connectivity index (χ1v) is 6.91. The summed E-state index contributed by atoms with van der Waals surface area (Å²) >= 11 is 0. The van der Waals surface area contributed by atoms with Gasteiger partial charge in [-0.1, -0.05) is 31.2 Å². The molecule has 2 rings (SSSR count). The monoisotopic (exact) mass is 273 g/mol. The number of ether oxygens (including phenoxy) is 1. The summed E-state index contributed by atoms with van der Waals surface area (Å²) in [4.78, 5) is 0. The van der Waals surface area contributed by atoms with Gasteiger partial charge in [0.1, 0.15) is 11.6 Å². The van der Waals surface area contributed by atoms with E-state index >= 15 is 0 Å². The minimum atomic E-state index is -0.225. The van der Waals surface area contributed by atoms with Crippen molar-refractivity contribution in [3.05, 3.63) is 53.8 Å². The normalized spacial score (nSPS) is 10.6. The molecule has 0 unspecified atom stereocenters. The van der Waals surface area contributed by atoms with Crippen molar-refractivity contribution in [3.8, 4) is 16.9 Å². The van der Waals surface area contributed by atoms with Gasteiger partial charge in [0, 0.05) is 17.7 Å². The molecule has 0 aliphatic rings. The van der Waals surface area contributed by atoms with Crippen LogP contribution in [-0.4, -0.2) is 13.7 Å². The number of nitrogens with one attached hydrogen (secondary N) is 1. The first-order valence-electron chi connectivity index (χ1n) is 6.91. The Bertz CT molecular complexity index is 569. The van der Waals surface area contributed by atoms with Gasteiger partial charge in [0.25, 0.3) is 0 Å². The minimum Gasteiger partial charge on any atom is -0.493 e. The van der Waals surface area contributed by atoms with E-state index < -0.39 is 0 Å². The third-order valence-corrected chi connectivity index (χ3v) is 3.05. The summed E-state index contributed by atoms with van der Waals surface area (Å²) in [7, 11) is 1.88. The third kappa shape index (κ3) is 3.36. The van der Waals surface area contributed by atoms with Crippen LogP contribution >= 0.6 is 0 Å². The van der Waals surface area contributed by atoms with Crippen molar-refractivity contribution in [2.45, 2.75) is 19.9 Å². The summed E-state index contributed by atoms with van der Waals surface area (Å²) < 4.78 is 19.8. The van der Waals surface area contributed by atoms with Gasteiger partial charge in [-0.2, -0.15) is 0 Å². The molecule has 0 heterocycles. The van der Waals surface area contributed by atoms with Gasteiger partial charge in [0.2, 0.25) is 0 Å². The average Bonchev–Trinajstić information content (AvgIpc) is 2.48. The predicted octanol–water partition coefficient (Wildman–Crippen LogP) is 4.00. The molecule has 0 aliphatic carbocycles. The second-order valence-electron chi connectivity index (χ2n) is 4.69. The molecule has 0 bridgehead atoms. The molecular formula is C17H20FNO. The summed E-state index contributed by atoms with van der Waals surface area (Å²) in [6.07, 6.45) is 0.927. The standard InChI is InChI=1S/C17H20FNO/c1-3-10-20-17-7-5-4-6-14(17)15-11-13(12-19-2)8-9-16(15)18/h4-9,11,19H,3,10,12H2,1-2H3. The molecule has 2 aromatic rings. The molecule has 106 valence electrons. The third-order valence-electron chi connectivity index (χ3n) is 3.05. The lowest BCUT2D eigenvalue weighted by Gasteiger charge is -2.12. The van der Waals surface area contributed by atoms with Gasteiger partial charge in [-0.05, 0) is 37.2 Å². The molecule has 0 amide bonds. The second-order valence-corrected chi connectivity index (χ2v) is 4.69. The fraction of sp³-hybridized carbons (Fsp3) is 0.294. The molecule has 0 atom stereocenters. The zero-order valence-corrected chi connectivity index (χ0v) is 11.9. The van der Waals surface area contributed by atoms with Crippen LogP contribution in [0.2, 0.25) is 0 Å². The fourth-order valence-electron chi connectivity index (χ4n) is 2.12. The zero-order chi connectivity index (χ0) is 14.4. The van der Waals surface area contributed by atoms with Crippen molar-refractivity contribution in [1.29, 1.82) is 0 Å². The van der Waals surface area contributed by atoms with Crippen LogP contribution in [0.4, 0.5) is 4.39 Å². The molecular weight excluding hydrogens is 253 g/mol. The van der Waals surface area contributed by atoms with Crippen LogP contribution in [0.15, 0.2) is 42.5 Å². The number of hydrogen-bond acceptors (Lipinski definition) is 2. The molecule has 20 heavy (non-hydrogen) atoms. The summed E-state index contributed by atoms with van der Waals surface area (Å²) in [5.74, 6) is 0.507. The fourth-order valence-corrected chi connectivity index (χ4v) is 2.12. The van der Waals surface area contributed by atoms with Crippen molar-refractivity contribution in [2.75, 3.05) is 13.7 Å². The van der Waals surface area contributed by atoms with Crippen LogP contribution in [0.1, 0.15) is 18.9 Å². The summed E-state index contributed by atoms with van der Waals surface area (Å²) in [5, 5.41) is 3.08. The van der Waals surface area contributed by atoms with Crippen LogP contribution in [0.5, 0.6) is 5.75 Å². The lowest BCUT2D eigenvalue weighted by molar-refractivity contribution is 0.318. The molecule has 1 N–H and O–H groups in total. The zero-order valence-electron chi connectivity index (χ0n) is 11.9. The number of para-hydroxylation sites is 1. The van der Waals surface area contributed by atoms with Gasteiger partial charge >= 0.3 is 0 Å². The number of halogens is 1. The first kappa shape index (κ1) is 14.5. The van der Waals surface area contributed by atoms with Gasteiger partial charge in [-0.15, -0.1) is 0 Å². The Labute approximate surface area is 119 Å². The Morgan fingerprint density at radius 1 is 1.10 bits per heavy atom. The predicted molar refractivity (Wildman–Crippen MR) is 80.4 cm³/mol. The Balaban J connectivity index is 2.42. The van der Waals surface area contributed by atoms with Gasteiger partial charge in [0.15, 0.2) is 0 Å². The maximum Gasteiger partial charge on any atom is 0.131 e. The molecule has 0 spiro atoms. The van der Waals surface area contributed by atoms with Crippen molar-refractivity contribution < 1.29 is 9.13 Å². The number of benzene rings is 2. The molecule has 2 nitrogen and oxygen atoms in total. The molecule has 0 aliphatic heterocycles. The summed E-state index contributed by atoms with van der Waals surface area (Å²) in [5.41, 5.74) is 2.44. The number of hydrogen-bond donors (Lipinski definition) is 1. The largest absolute Gasteiger partial charge is 0.493 e. The first-order chi connectivity index (χ1) is 9.76. The smallest absolute Gasteiger partial charge is 0.131 e. The highest BCUT2D eigenvalue weighted by Gasteiger charge is 2.11. The van der Waals surface area contributed by atoms with Crippen LogP contribution in [0.3, 0.4) is 0 Å². The van der Waals surface area contributed by atoms with E-state index in [1.54, 1.807) is 6.07 Å². The topological polar surface area (TPSA) is 21.3 Å². The Morgan fingerprint density at radius 3 is 2.65 bits per heavy atom. The molecule has 0 fully saturated rings. The van der Waals surface area contributed by atoms with Crippen molar-refractivity contribution in [3.63, 3.8) is 0 Å². The van der Waals surface area contributed by atoms with Crippen LogP contribution in [0, 0.1) is 5.82 Å². The van der Waals surface area contributed by atoms with E-state index in [1.165, 1.54) is 6.07 Å². The summed E-state index contributed by atoms with van der Waals surface area (Å²) in [6, 6.07) is 12.8. The van der Waals surface area contributed by atoms with Gasteiger partial charge in [0.05, 0.1) is 6.61 Å². The highest BCUT2D eigenvalue weighted by atomic mass is 19.1. The van der Waals surface area contributed by atoms with E-state index in [9.17, 15) is 4.39 Å². The van der Waals surface area contributed by atoms with Crippen molar-refractivity contribution >= 4 is 0 Å². The molecule has 0 aromatic heterocycles. The average molecular weight is 273 g/mol. The maximum absolute atomic E-state index is 14.1. The molecule has 0 radical (unpaired) electrons. The van der Waals surface area contributed by atoms with E-state index in [0.29, 0.717) is 18.7 Å². The molecule has 2 aromatic carbocycles. The Morgan fingerprint density at radius 2 is 1.90 bits per heavy atom. The number of rotatable bonds is 6. The van der Waals surface area contributed by atoms with Crippen LogP contribution in [-0.2, 0) is 6.54 Å². The lowest BCUT2D eigenvalue weighted by Crippen LogP contribution is -2.05. The van der Waals surface area contributed by atoms with Crippen molar-refractivity contribution in [2.24, 2.45) is 0 Å². The van der Waals surface area contributed by atoms with Gasteiger partial charge in [-0.3, -0.25) is 0 Å². The molecule has 0 saturated heterocycles. The van der Waals surface area contributed by atoms with E-state index in [-0.39, 0.29) is 5.82 Å². The maximum atomic E-state index is 14.1. The van der Waals surface area contributed by atoms with Gasteiger partial charge in [-0.25, -0.2) is 4.39 Å². The SMILES string of the molecule is CCCOc1ccccc1-c1cc(CNC)ccc1F. The quantitative estimate of drug-likeness (QED) is 0.859. The van der Waals surface area contributed by atoms with Gasteiger partial charge < -0.3 is 10.1 Å². The second kappa shape index (κ2) is 7.06. The molecule has 3 heteroatoms. The minimum absolute atomic E-state index is 0.225. The highest BCUT2D eigenvalue weighted by Crippen LogP contribution is 2.32. The van der Waals surface area contributed by atoms with Crippen LogP contribution < -0.4 is 10.1 Å². The van der Waals surface area contributed by atoms with E-state index in [1.807, 2.05) is 37.4 Å². The van der Waals surface area contributed by atoms with E-state index in [0.717, 1.165) is 23.3 Å². The summed E-state index contributed by atoms with van der Waals surface area (Å²) in [6.45, 7) is 3.40. The van der Waals surface area contributed by atoms with Crippen LogP contribution in [0.25, 0.3) is 11.1 Å². The lowest BCUT2D eigenvalue weighted by atomic mass is 10.0. The Hall–Kier alpha value is -1.87. The Kier molecular flexibility index (Phi) is 5.13. The van der Waals surface area contributed by atoms with E-state index in [4.69, 9.17) is 4.74 Å². The van der Waals surface area contributed by atoms with E-state index in [2.05, 4.69) is 12.2 Å².